The molecule has 0 radical (unpaired) electrons. The predicted octanol–water partition coefficient (Wildman–Crippen LogP) is 2.77. The first kappa shape index (κ1) is 15.5. The van der Waals surface area contributed by atoms with Crippen molar-refractivity contribution in [1.82, 2.24) is 5.32 Å². The van der Waals surface area contributed by atoms with E-state index in [2.05, 4.69) is 51.4 Å². The molecule has 102 valence electrons. The van der Waals surface area contributed by atoms with Crippen LogP contribution in [-0.4, -0.2) is 32.4 Å². The molecule has 0 heterocycles. The van der Waals surface area contributed by atoms with E-state index in [9.17, 15) is 0 Å². The van der Waals surface area contributed by atoms with Crippen LogP contribution in [0.4, 0.5) is 5.69 Å². The van der Waals surface area contributed by atoms with E-state index in [4.69, 9.17) is 5.11 Å². The number of halogens is 1. The minimum Gasteiger partial charge on any atom is -0.396 e. The van der Waals surface area contributed by atoms with E-state index in [0.717, 1.165) is 36.8 Å². The van der Waals surface area contributed by atoms with E-state index in [1.54, 1.807) is 0 Å². The van der Waals surface area contributed by atoms with Gasteiger partial charge in [-0.25, -0.2) is 0 Å². The van der Waals surface area contributed by atoms with Crippen molar-refractivity contribution >= 4 is 21.6 Å². The van der Waals surface area contributed by atoms with Gasteiger partial charge in [0.1, 0.15) is 0 Å². The SMILES string of the molecule is CNCc1ccc(Br)cc1N(C)CCCCCO. The molecule has 0 aliphatic rings. The number of aliphatic hydroxyl groups is 1. The van der Waals surface area contributed by atoms with E-state index in [-0.39, 0.29) is 0 Å². The van der Waals surface area contributed by atoms with Crippen LogP contribution in [0.3, 0.4) is 0 Å². The molecular formula is C14H23BrN2O. The number of nitrogens with zero attached hydrogens (tertiary/aromatic N) is 1. The molecule has 3 nitrogen and oxygen atoms in total. The third kappa shape index (κ3) is 4.96. The largest absolute Gasteiger partial charge is 0.396 e. The molecule has 0 amide bonds. The van der Waals surface area contributed by atoms with Crippen LogP contribution in [0.25, 0.3) is 0 Å². The van der Waals surface area contributed by atoms with Crippen LogP contribution in [0.5, 0.6) is 0 Å². The molecule has 1 rings (SSSR count). The Morgan fingerprint density at radius 3 is 2.72 bits per heavy atom. The summed E-state index contributed by atoms with van der Waals surface area (Å²) in [6.45, 7) is 2.20. The average molecular weight is 315 g/mol. The first-order valence-electron chi connectivity index (χ1n) is 6.44. The minimum absolute atomic E-state index is 0.297. The topological polar surface area (TPSA) is 35.5 Å². The monoisotopic (exact) mass is 314 g/mol. The summed E-state index contributed by atoms with van der Waals surface area (Å²) < 4.78 is 1.11. The molecule has 0 saturated heterocycles. The molecule has 1 aromatic rings. The Labute approximate surface area is 118 Å². The van der Waals surface area contributed by atoms with E-state index in [1.807, 2.05) is 7.05 Å². The highest BCUT2D eigenvalue weighted by molar-refractivity contribution is 9.10. The van der Waals surface area contributed by atoms with Crippen LogP contribution < -0.4 is 10.2 Å². The van der Waals surface area contributed by atoms with E-state index >= 15 is 0 Å². The summed E-state index contributed by atoms with van der Waals surface area (Å²) in [6.07, 6.45) is 3.09. The molecular weight excluding hydrogens is 292 g/mol. The second-order valence-corrected chi connectivity index (χ2v) is 5.42. The molecule has 2 N–H and O–H groups in total. The molecule has 4 heteroatoms. The Bertz CT molecular complexity index is 358. The Kier molecular flexibility index (Phi) is 7.32. The first-order valence-corrected chi connectivity index (χ1v) is 7.23. The number of hydrogen-bond acceptors (Lipinski definition) is 3. The van der Waals surface area contributed by atoms with E-state index in [1.165, 1.54) is 11.3 Å². The van der Waals surface area contributed by atoms with Gasteiger partial charge >= 0.3 is 0 Å². The van der Waals surface area contributed by atoms with Gasteiger partial charge in [0.05, 0.1) is 0 Å². The quantitative estimate of drug-likeness (QED) is 0.724. The first-order chi connectivity index (χ1) is 8.69. The maximum absolute atomic E-state index is 8.77. The van der Waals surface area contributed by atoms with Gasteiger partial charge in [-0.05, 0) is 44.0 Å². The van der Waals surface area contributed by atoms with Crippen molar-refractivity contribution in [2.45, 2.75) is 25.8 Å². The molecule has 1 aromatic carbocycles. The lowest BCUT2D eigenvalue weighted by molar-refractivity contribution is 0.283. The molecule has 0 atom stereocenters. The number of unbranched alkanes of at least 4 members (excludes halogenated alkanes) is 2. The summed E-state index contributed by atoms with van der Waals surface area (Å²) in [7, 11) is 4.09. The number of rotatable bonds is 8. The number of nitrogens with one attached hydrogen (secondary N) is 1. The fourth-order valence-corrected chi connectivity index (χ4v) is 2.34. The van der Waals surface area contributed by atoms with Crippen molar-refractivity contribution in [2.24, 2.45) is 0 Å². The molecule has 18 heavy (non-hydrogen) atoms. The molecule has 0 unspecified atom stereocenters. The Hall–Kier alpha value is -0.580. The third-order valence-electron chi connectivity index (χ3n) is 2.98. The standard InChI is InChI=1S/C14H23BrN2O/c1-16-11-12-6-7-13(15)10-14(12)17(2)8-4-3-5-9-18/h6-7,10,16,18H,3-5,8-9,11H2,1-2H3. The van der Waals surface area contributed by atoms with Gasteiger partial charge in [-0.3, -0.25) is 0 Å². The zero-order valence-corrected chi connectivity index (χ0v) is 12.8. The van der Waals surface area contributed by atoms with Crippen LogP contribution in [0.2, 0.25) is 0 Å². The smallest absolute Gasteiger partial charge is 0.0431 e. The number of aliphatic hydroxyl groups excluding tert-OH is 1. The predicted molar refractivity (Wildman–Crippen MR) is 81.1 cm³/mol. The molecule has 0 fully saturated rings. The van der Waals surface area contributed by atoms with Crippen molar-refractivity contribution in [3.8, 4) is 0 Å². The van der Waals surface area contributed by atoms with Crippen molar-refractivity contribution in [3.05, 3.63) is 28.2 Å². The van der Waals surface area contributed by atoms with Gasteiger partial charge in [0.25, 0.3) is 0 Å². The van der Waals surface area contributed by atoms with Gasteiger partial charge in [0, 0.05) is 36.9 Å². The minimum atomic E-state index is 0.297. The van der Waals surface area contributed by atoms with Crippen molar-refractivity contribution in [1.29, 1.82) is 0 Å². The lowest BCUT2D eigenvalue weighted by atomic mass is 10.1. The van der Waals surface area contributed by atoms with Crippen molar-refractivity contribution in [2.75, 3.05) is 32.1 Å². The van der Waals surface area contributed by atoms with Crippen LogP contribution in [0.15, 0.2) is 22.7 Å². The molecule has 0 aromatic heterocycles. The van der Waals surface area contributed by atoms with Crippen molar-refractivity contribution in [3.63, 3.8) is 0 Å². The lowest BCUT2D eigenvalue weighted by Crippen LogP contribution is -2.21. The number of hydrogen-bond donors (Lipinski definition) is 2. The van der Waals surface area contributed by atoms with Gasteiger partial charge in [-0.2, -0.15) is 0 Å². The Morgan fingerprint density at radius 1 is 1.28 bits per heavy atom. The van der Waals surface area contributed by atoms with Crippen molar-refractivity contribution < 1.29 is 5.11 Å². The van der Waals surface area contributed by atoms with Gasteiger partial charge in [-0.15, -0.1) is 0 Å². The summed E-state index contributed by atoms with van der Waals surface area (Å²) in [5.74, 6) is 0. The highest BCUT2D eigenvalue weighted by atomic mass is 79.9. The molecule has 0 bridgehead atoms. The van der Waals surface area contributed by atoms with E-state index in [0.29, 0.717) is 6.61 Å². The summed E-state index contributed by atoms with van der Waals surface area (Å²) in [5.41, 5.74) is 2.58. The third-order valence-corrected chi connectivity index (χ3v) is 3.47. The zero-order valence-electron chi connectivity index (χ0n) is 11.2. The molecule has 0 aliphatic heterocycles. The fraction of sp³-hybridized carbons (Fsp3) is 0.571. The van der Waals surface area contributed by atoms with Gasteiger partial charge in [0.15, 0.2) is 0 Å². The fourth-order valence-electron chi connectivity index (χ4n) is 1.99. The summed E-state index contributed by atoms with van der Waals surface area (Å²) >= 11 is 3.53. The van der Waals surface area contributed by atoms with Gasteiger partial charge in [-0.1, -0.05) is 22.0 Å². The maximum atomic E-state index is 8.77. The molecule has 0 aliphatic carbocycles. The number of benzene rings is 1. The van der Waals surface area contributed by atoms with E-state index < -0.39 is 0 Å². The van der Waals surface area contributed by atoms with Gasteiger partial charge < -0.3 is 15.3 Å². The lowest BCUT2D eigenvalue weighted by Gasteiger charge is -2.23. The van der Waals surface area contributed by atoms with Gasteiger partial charge in [0.2, 0.25) is 0 Å². The normalized spacial score (nSPS) is 10.7. The number of anilines is 1. The van der Waals surface area contributed by atoms with Crippen LogP contribution >= 0.6 is 15.9 Å². The molecule has 0 spiro atoms. The summed E-state index contributed by atoms with van der Waals surface area (Å²) in [4.78, 5) is 2.29. The van der Waals surface area contributed by atoms with Crippen LogP contribution in [-0.2, 0) is 6.54 Å². The average Bonchev–Trinajstić information content (AvgIpc) is 2.37. The Balaban J connectivity index is 2.64. The maximum Gasteiger partial charge on any atom is 0.0431 e. The molecule has 0 saturated carbocycles. The Morgan fingerprint density at radius 2 is 2.06 bits per heavy atom. The highest BCUT2D eigenvalue weighted by Crippen LogP contribution is 2.24. The van der Waals surface area contributed by atoms with Crippen LogP contribution in [0.1, 0.15) is 24.8 Å². The zero-order chi connectivity index (χ0) is 13.4. The summed E-state index contributed by atoms with van der Waals surface area (Å²) in [6, 6.07) is 6.40. The highest BCUT2D eigenvalue weighted by Gasteiger charge is 2.07. The second kappa shape index (κ2) is 8.51. The second-order valence-electron chi connectivity index (χ2n) is 4.51. The van der Waals surface area contributed by atoms with Crippen LogP contribution in [0, 0.1) is 0 Å². The summed E-state index contributed by atoms with van der Waals surface area (Å²) in [5, 5.41) is 12.0.